The van der Waals surface area contributed by atoms with Crippen molar-refractivity contribution in [3.8, 4) is 44.8 Å². The second kappa shape index (κ2) is 12.2. The third kappa shape index (κ3) is 5.79. The molecule has 7 rings (SSSR count). The predicted octanol–water partition coefficient (Wildman–Crippen LogP) is 10.8. The van der Waals surface area contributed by atoms with E-state index >= 15 is 0 Å². The molecule has 0 radical (unpaired) electrons. The maximum atomic E-state index is 4.85. The summed E-state index contributed by atoms with van der Waals surface area (Å²) in [5, 5.41) is 0. The highest BCUT2D eigenvalue weighted by Gasteiger charge is 2.31. The number of rotatable bonds is 6. The Balaban J connectivity index is 1.17. The van der Waals surface area contributed by atoms with E-state index in [0.717, 1.165) is 28.9 Å². The molecule has 2 heterocycles. The van der Waals surface area contributed by atoms with Crippen molar-refractivity contribution in [3.05, 3.63) is 157 Å². The lowest BCUT2D eigenvalue weighted by atomic mass is 9.69. The third-order valence-electron chi connectivity index (χ3n) is 9.03. The lowest BCUT2D eigenvalue weighted by Crippen LogP contribution is -2.20. The molecule has 2 unspecified atom stereocenters. The van der Waals surface area contributed by atoms with Crippen molar-refractivity contribution in [2.45, 2.75) is 38.0 Å². The molecule has 4 aromatic carbocycles. The van der Waals surface area contributed by atoms with Crippen LogP contribution in [0.1, 0.15) is 49.1 Å². The van der Waals surface area contributed by atoms with Gasteiger partial charge in [-0.25, -0.2) is 0 Å². The summed E-state index contributed by atoms with van der Waals surface area (Å²) in [6.07, 6.45) is 7.65. The minimum atomic E-state index is 0.491. The molecule has 210 valence electrons. The van der Waals surface area contributed by atoms with Crippen molar-refractivity contribution in [1.82, 2.24) is 9.97 Å². The highest BCUT2D eigenvalue weighted by Crippen LogP contribution is 2.48. The van der Waals surface area contributed by atoms with E-state index in [1.165, 1.54) is 46.2 Å². The molecule has 2 atom stereocenters. The number of hydrogen-bond acceptors (Lipinski definition) is 2. The monoisotopic (exact) mass is 556 g/mol. The van der Waals surface area contributed by atoms with Gasteiger partial charge in [0.15, 0.2) is 0 Å². The minimum absolute atomic E-state index is 0.491. The van der Waals surface area contributed by atoms with E-state index < -0.39 is 0 Å². The molecule has 0 N–H and O–H groups in total. The fourth-order valence-electron chi connectivity index (χ4n) is 7.01. The van der Waals surface area contributed by atoms with Crippen molar-refractivity contribution >= 4 is 0 Å². The standard InChI is InChI=1S/C41H36N2/c1-29-24-34(38-18-10-8-16-36(38)32-20-22-40(42-27-32)30-12-4-2-5-13-30)26-35(25-29)39-19-11-9-17-37(39)33-21-23-41(43-28-33)31-14-6-3-7-15-31/h2-23,27-29,34-35H,24-26H2,1H3. The van der Waals surface area contributed by atoms with E-state index in [4.69, 9.17) is 9.97 Å². The molecule has 2 aromatic heterocycles. The Morgan fingerprint density at radius 2 is 0.837 bits per heavy atom. The van der Waals surface area contributed by atoms with Gasteiger partial charge in [0, 0.05) is 34.6 Å². The zero-order valence-corrected chi connectivity index (χ0v) is 24.6. The number of aromatic nitrogens is 2. The molecule has 1 aliphatic rings. The van der Waals surface area contributed by atoms with E-state index in [9.17, 15) is 0 Å². The van der Waals surface area contributed by atoms with E-state index in [1.54, 1.807) is 0 Å². The maximum Gasteiger partial charge on any atom is 0.0702 e. The predicted molar refractivity (Wildman–Crippen MR) is 179 cm³/mol. The lowest BCUT2D eigenvalue weighted by molar-refractivity contribution is 0.308. The highest BCUT2D eigenvalue weighted by atomic mass is 14.7. The average molecular weight is 557 g/mol. The largest absolute Gasteiger partial charge is 0.256 e. The second-order valence-electron chi connectivity index (χ2n) is 12.0. The molecule has 6 aromatic rings. The second-order valence-corrected chi connectivity index (χ2v) is 12.0. The molecule has 1 aliphatic carbocycles. The van der Waals surface area contributed by atoms with E-state index in [2.05, 4.69) is 128 Å². The van der Waals surface area contributed by atoms with Gasteiger partial charge in [-0.15, -0.1) is 0 Å². The maximum absolute atomic E-state index is 4.85. The van der Waals surface area contributed by atoms with Crippen LogP contribution < -0.4 is 0 Å². The fraction of sp³-hybridized carbons (Fsp3) is 0.171. The summed E-state index contributed by atoms with van der Waals surface area (Å²) in [4.78, 5) is 9.71. The molecule has 2 nitrogen and oxygen atoms in total. The van der Waals surface area contributed by atoms with Crippen LogP contribution in [0.25, 0.3) is 44.8 Å². The van der Waals surface area contributed by atoms with Crippen LogP contribution in [0.3, 0.4) is 0 Å². The van der Waals surface area contributed by atoms with Gasteiger partial charge in [0.05, 0.1) is 11.4 Å². The summed E-state index contributed by atoms with van der Waals surface area (Å²) in [6, 6.07) is 47.6. The smallest absolute Gasteiger partial charge is 0.0702 e. The average Bonchev–Trinajstić information content (AvgIpc) is 3.09. The topological polar surface area (TPSA) is 25.8 Å². The first-order valence-corrected chi connectivity index (χ1v) is 15.4. The molecule has 0 bridgehead atoms. The molecular weight excluding hydrogens is 520 g/mol. The Hall–Kier alpha value is -4.82. The highest BCUT2D eigenvalue weighted by molar-refractivity contribution is 5.72. The molecule has 2 heteroatoms. The first-order valence-electron chi connectivity index (χ1n) is 15.4. The summed E-state index contributed by atoms with van der Waals surface area (Å²) in [5.74, 6) is 1.62. The summed E-state index contributed by atoms with van der Waals surface area (Å²) >= 11 is 0. The van der Waals surface area contributed by atoms with Crippen molar-refractivity contribution in [2.24, 2.45) is 5.92 Å². The van der Waals surface area contributed by atoms with Crippen molar-refractivity contribution in [1.29, 1.82) is 0 Å². The van der Waals surface area contributed by atoms with Gasteiger partial charge in [-0.2, -0.15) is 0 Å². The van der Waals surface area contributed by atoms with Crippen LogP contribution >= 0.6 is 0 Å². The molecule has 0 saturated heterocycles. The Bertz CT molecular complexity index is 1660. The van der Waals surface area contributed by atoms with Gasteiger partial charge in [0.25, 0.3) is 0 Å². The number of nitrogens with zero attached hydrogens (tertiary/aromatic N) is 2. The van der Waals surface area contributed by atoms with Crippen LogP contribution in [0, 0.1) is 5.92 Å². The van der Waals surface area contributed by atoms with Gasteiger partial charge in [-0.05, 0) is 71.4 Å². The molecule has 1 saturated carbocycles. The van der Waals surface area contributed by atoms with E-state index in [1.807, 2.05) is 24.5 Å². The first-order chi connectivity index (χ1) is 21.2. The lowest BCUT2D eigenvalue weighted by Gasteiger charge is -2.35. The first kappa shape index (κ1) is 27.0. The molecule has 0 amide bonds. The van der Waals surface area contributed by atoms with Gasteiger partial charge >= 0.3 is 0 Å². The van der Waals surface area contributed by atoms with Gasteiger partial charge < -0.3 is 0 Å². The van der Waals surface area contributed by atoms with Crippen LogP contribution in [0.5, 0.6) is 0 Å². The molecule has 0 aliphatic heterocycles. The van der Waals surface area contributed by atoms with Crippen LogP contribution in [0.4, 0.5) is 0 Å². The van der Waals surface area contributed by atoms with Crippen molar-refractivity contribution < 1.29 is 0 Å². The summed E-state index contributed by atoms with van der Waals surface area (Å²) in [5.41, 5.74) is 12.2. The molecule has 1 fully saturated rings. The zero-order chi connectivity index (χ0) is 29.0. The SMILES string of the molecule is CC1CC(c2ccccc2-c2ccc(-c3ccccc3)nc2)CC(c2ccccc2-c2ccc(-c3ccccc3)nc2)C1. The van der Waals surface area contributed by atoms with Gasteiger partial charge in [-0.1, -0.05) is 128 Å². The minimum Gasteiger partial charge on any atom is -0.256 e. The van der Waals surface area contributed by atoms with Crippen LogP contribution in [-0.4, -0.2) is 9.97 Å². The summed E-state index contributed by atoms with van der Waals surface area (Å²) < 4.78 is 0. The van der Waals surface area contributed by atoms with Gasteiger partial charge in [0.1, 0.15) is 0 Å². The van der Waals surface area contributed by atoms with Crippen molar-refractivity contribution in [3.63, 3.8) is 0 Å². The van der Waals surface area contributed by atoms with Gasteiger partial charge in [0.2, 0.25) is 0 Å². The van der Waals surface area contributed by atoms with E-state index in [0.29, 0.717) is 17.8 Å². The number of benzene rings is 4. The zero-order valence-electron chi connectivity index (χ0n) is 24.6. The summed E-state index contributed by atoms with van der Waals surface area (Å²) in [7, 11) is 0. The van der Waals surface area contributed by atoms with Crippen molar-refractivity contribution in [2.75, 3.05) is 0 Å². The molecule has 43 heavy (non-hydrogen) atoms. The molecule has 0 spiro atoms. The number of pyridine rings is 2. The Morgan fingerprint density at radius 1 is 0.419 bits per heavy atom. The summed E-state index contributed by atoms with van der Waals surface area (Å²) in [6.45, 7) is 2.43. The Kier molecular flexibility index (Phi) is 7.67. The van der Waals surface area contributed by atoms with Crippen LogP contribution in [0.2, 0.25) is 0 Å². The number of hydrogen-bond donors (Lipinski definition) is 0. The van der Waals surface area contributed by atoms with E-state index in [-0.39, 0.29) is 0 Å². The van der Waals surface area contributed by atoms with Gasteiger partial charge in [-0.3, -0.25) is 9.97 Å². The Labute approximate surface area is 255 Å². The molecular formula is C41H36N2. The van der Waals surface area contributed by atoms with Crippen LogP contribution in [0.15, 0.2) is 146 Å². The Morgan fingerprint density at radius 3 is 1.26 bits per heavy atom. The quantitative estimate of drug-likeness (QED) is 0.204. The van der Waals surface area contributed by atoms with Crippen LogP contribution in [-0.2, 0) is 0 Å². The normalized spacial score (nSPS) is 18.3. The fourth-order valence-corrected chi connectivity index (χ4v) is 7.01. The third-order valence-corrected chi connectivity index (χ3v) is 9.03.